The van der Waals surface area contributed by atoms with Crippen molar-refractivity contribution in [1.29, 1.82) is 0 Å². The van der Waals surface area contributed by atoms with Gasteiger partial charge in [-0.2, -0.15) is 0 Å². The molecule has 5 heteroatoms. The Morgan fingerprint density at radius 1 is 0.815 bits per heavy atom. The molecule has 1 N–H and O–H groups in total. The summed E-state index contributed by atoms with van der Waals surface area (Å²) in [7, 11) is 1.68. The zero-order chi connectivity index (χ0) is 18.2. The maximum Gasteiger partial charge on any atom is 0.134 e. The van der Waals surface area contributed by atoms with E-state index in [2.05, 4.69) is 57.6 Å². The number of benzene rings is 3. The Morgan fingerprint density at radius 3 is 2.15 bits per heavy atom. The molecule has 0 aliphatic rings. The number of hydrogen-bond acceptors (Lipinski definition) is 3. The molecule has 0 unspecified atom stereocenters. The van der Waals surface area contributed by atoms with Crippen LogP contribution in [0.25, 0.3) is 0 Å². The minimum absolute atomic E-state index is 0. The van der Waals surface area contributed by atoms with Crippen molar-refractivity contribution in [3.05, 3.63) is 94.0 Å². The lowest BCUT2D eigenvalue weighted by atomic mass is 10.2. The zero-order valence-electron chi connectivity index (χ0n) is 15.2. The standard InChI is InChI=1S/C22H22BrNO2.ClH/c1-25-20-10-7-17(8-11-20)14-24-15-19-9-12-22(21(23)13-19)26-16-18-5-3-2-4-6-18;/h2-13,24H,14-16H2,1H3;1H. The largest absolute Gasteiger partial charge is 0.497 e. The second-order valence-electron chi connectivity index (χ2n) is 5.99. The van der Waals surface area contributed by atoms with Crippen LogP contribution in [0, 0.1) is 0 Å². The lowest BCUT2D eigenvalue weighted by Crippen LogP contribution is -2.12. The average Bonchev–Trinajstić information content (AvgIpc) is 2.69. The van der Waals surface area contributed by atoms with Gasteiger partial charge in [-0.3, -0.25) is 0 Å². The molecule has 0 saturated carbocycles. The van der Waals surface area contributed by atoms with Gasteiger partial charge in [0, 0.05) is 13.1 Å². The summed E-state index contributed by atoms with van der Waals surface area (Å²) in [5, 5.41) is 3.46. The summed E-state index contributed by atoms with van der Waals surface area (Å²) in [5.74, 6) is 1.73. The minimum atomic E-state index is 0. The second-order valence-corrected chi connectivity index (χ2v) is 6.85. The van der Waals surface area contributed by atoms with Gasteiger partial charge in [-0.25, -0.2) is 0 Å². The average molecular weight is 449 g/mol. The number of hydrogen-bond donors (Lipinski definition) is 1. The van der Waals surface area contributed by atoms with E-state index in [9.17, 15) is 0 Å². The fourth-order valence-electron chi connectivity index (χ4n) is 2.60. The maximum absolute atomic E-state index is 5.89. The molecule has 3 nitrogen and oxygen atoms in total. The Kier molecular flexibility index (Phi) is 8.65. The molecular weight excluding hydrogens is 426 g/mol. The molecule has 0 atom stereocenters. The molecule has 0 bridgehead atoms. The first-order chi connectivity index (χ1) is 12.7. The highest BCUT2D eigenvalue weighted by molar-refractivity contribution is 9.10. The third-order valence-electron chi connectivity index (χ3n) is 4.05. The lowest BCUT2D eigenvalue weighted by molar-refractivity contribution is 0.304. The Bertz CT molecular complexity index is 825. The molecular formula is C22H23BrClNO2. The van der Waals surface area contributed by atoms with Crippen molar-refractivity contribution in [3.8, 4) is 11.5 Å². The molecule has 3 aromatic rings. The number of methoxy groups -OCH3 is 1. The SMILES string of the molecule is COc1ccc(CNCc2ccc(OCc3ccccc3)c(Br)c2)cc1.Cl. The molecule has 0 heterocycles. The highest BCUT2D eigenvalue weighted by Gasteiger charge is 2.04. The van der Waals surface area contributed by atoms with Gasteiger partial charge in [-0.05, 0) is 56.9 Å². The second kappa shape index (κ2) is 11.0. The highest BCUT2D eigenvalue weighted by atomic mass is 79.9. The maximum atomic E-state index is 5.89. The van der Waals surface area contributed by atoms with Crippen LogP contribution in [0.1, 0.15) is 16.7 Å². The molecule has 3 aromatic carbocycles. The number of nitrogens with one attached hydrogen (secondary N) is 1. The topological polar surface area (TPSA) is 30.5 Å². The number of halogens is 2. The summed E-state index contributed by atoms with van der Waals surface area (Å²) in [6.45, 7) is 2.17. The van der Waals surface area contributed by atoms with E-state index in [0.717, 1.165) is 34.6 Å². The quantitative estimate of drug-likeness (QED) is 0.476. The number of ether oxygens (including phenoxy) is 2. The molecule has 0 aliphatic carbocycles. The van der Waals surface area contributed by atoms with Crippen LogP contribution in [0.5, 0.6) is 11.5 Å². The Hall–Kier alpha value is -2.01. The first kappa shape index (κ1) is 21.3. The zero-order valence-corrected chi connectivity index (χ0v) is 17.6. The summed E-state index contributed by atoms with van der Waals surface area (Å²) in [4.78, 5) is 0. The molecule has 0 fully saturated rings. The number of rotatable bonds is 8. The van der Waals surface area contributed by atoms with E-state index in [4.69, 9.17) is 9.47 Å². The summed E-state index contributed by atoms with van der Waals surface area (Å²) in [6, 6.07) is 24.5. The van der Waals surface area contributed by atoms with E-state index < -0.39 is 0 Å². The monoisotopic (exact) mass is 447 g/mol. The van der Waals surface area contributed by atoms with Crippen LogP contribution in [0.2, 0.25) is 0 Å². The van der Waals surface area contributed by atoms with Crippen molar-refractivity contribution >= 4 is 28.3 Å². The van der Waals surface area contributed by atoms with Gasteiger partial charge in [0.1, 0.15) is 18.1 Å². The van der Waals surface area contributed by atoms with E-state index in [-0.39, 0.29) is 12.4 Å². The summed E-state index contributed by atoms with van der Waals surface area (Å²) < 4.78 is 12.0. The van der Waals surface area contributed by atoms with Crippen LogP contribution in [-0.4, -0.2) is 7.11 Å². The fourth-order valence-corrected chi connectivity index (χ4v) is 3.14. The van der Waals surface area contributed by atoms with Crippen molar-refractivity contribution < 1.29 is 9.47 Å². The van der Waals surface area contributed by atoms with Crippen LogP contribution < -0.4 is 14.8 Å². The van der Waals surface area contributed by atoms with Gasteiger partial charge >= 0.3 is 0 Å². The Balaban J connectivity index is 0.00000261. The van der Waals surface area contributed by atoms with Crippen molar-refractivity contribution in [2.45, 2.75) is 19.7 Å². The van der Waals surface area contributed by atoms with Crippen molar-refractivity contribution in [2.75, 3.05) is 7.11 Å². The first-order valence-electron chi connectivity index (χ1n) is 8.53. The van der Waals surface area contributed by atoms with Crippen LogP contribution >= 0.6 is 28.3 Å². The molecule has 0 aromatic heterocycles. The van der Waals surface area contributed by atoms with Gasteiger partial charge in [-0.15, -0.1) is 12.4 Å². The summed E-state index contributed by atoms with van der Waals surface area (Å²) >= 11 is 3.61. The smallest absolute Gasteiger partial charge is 0.134 e. The molecule has 0 amide bonds. The van der Waals surface area contributed by atoms with Crippen molar-refractivity contribution in [3.63, 3.8) is 0 Å². The van der Waals surface area contributed by atoms with E-state index in [1.54, 1.807) is 7.11 Å². The third kappa shape index (κ3) is 6.58. The van der Waals surface area contributed by atoms with Gasteiger partial charge in [0.15, 0.2) is 0 Å². The van der Waals surface area contributed by atoms with Crippen LogP contribution in [-0.2, 0) is 19.7 Å². The molecule has 0 radical (unpaired) electrons. The summed E-state index contributed by atoms with van der Waals surface area (Å²) in [6.07, 6.45) is 0. The van der Waals surface area contributed by atoms with E-state index in [1.807, 2.05) is 36.4 Å². The van der Waals surface area contributed by atoms with Crippen molar-refractivity contribution in [2.24, 2.45) is 0 Å². The molecule has 142 valence electrons. The predicted octanol–water partition coefficient (Wildman–Crippen LogP) is 5.75. The Labute approximate surface area is 175 Å². The van der Waals surface area contributed by atoms with Gasteiger partial charge in [-0.1, -0.05) is 48.5 Å². The van der Waals surface area contributed by atoms with E-state index >= 15 is 0 Å². The molecule has 0 aliphatic heterocycles. The summed E-state index contributed by atoms with van der Waals surface area (Å²) in [5.41, 5.74) is 3.59. The van der Waals surface area contributed by atoms with Crippen LogP contribution in [0.3, 0.4) is 0 Å². The molecule has 0 saturated heterocycles. The fraction of sp³-hybridized carbons (Fsp3) is 0.182. The Morgan fingerprint density at radius 2 is 1.48 bits per heavy atom. The van der Waals surface area contributed by atoms with Crippen LogP contribution in [0.4, 0.5) is 0 Å². The van der Waals surface area contributed by atoms with Gasteiger partial charge in [0.05, 0.1) is 11.6 Å². The first-order valence-corrected chi connectivity index (χ1v) is 9.33. The molecule has 3 rings (SSSR count). The van der Waals surface area contributed by atoms with Gasteiger partial charge in [0.25, 0.3) is 0 Å². The van der Waals surface area contributed by atoms with Gasteiger partial charge in [0.2, 0.25) is 0 Å². The van der Waals surface area contributed by atoms with E-state index in [1.165, 1.54) is 11.1 Å². The van der Waals surface area contributed by atoms with Gasteiger partial charge < -0.3 is 14.8 Å². The highest BCUT2D eigenvalue weighted by Crippen LogP contribution is 2.27. The predicted molar refractivity (Wildman–Crippen MR) is 116 cm³/mol. The van der Waals surface area contributed by atoms with Crippen LogP contribution in [0.15, 0.2) is 77.3 Å². The molecule has 27 heavy (non-hydrogen) atoms. The molecule has 0 spiro atoms. The normalized spacial score (nSPS) is 10.1. The van der Waals surface area contributed by atoms with E-state index in [0.29, 0.717) is 6.61 Å². The third-order valence-corrected chi connectivity index (χ3v) is 4.67. The minimum Gasteiger partial charge on any atom is -0.497 e. The van der Waals surface area contributed by atoms with Crippen molar-refractivity contribution in [1.82, 2.24) is 5.32 Å². The lowest BCUT2D eigenvalue weighted by Gasteiger charge is -2.11.